The molecule has 0 spiro atoms. The molecule has 2 atom stereocenters. The first-order valence-electron chi connectivity index (χ1n) is 7.76. The lowest BCUT2D eigenvalue weighted by atomic mass is 9.85. The van der Waals surface area contributed by atoms with Crippen molar-refractivity contribution in [2.75, 3.05) is 6.54 Å². The number of carbonyl (C=O) groups is 1. The summed E-state index contributed by atoms with van der Waals surface area (Å²) in [6, 6.07) is 0.552. The molecule has 102 valence electrons. The second-order valence-electron chi connectivity index (χ2n) is 6.73. The SMILES string of the molecule is NC1(CC(=O)N2CCC3CCCCC32)CCCC1. The lowest BCUT2D eigenvalue weighted by molar-refractivity contribution is -0.134. The van der Waals surface area contributed by atoms with Crippen LogP contribution in [0, 0.1) is 5.92 Å². The number of nitrogens with zero attached hydrogens (tertiary/aromatic N) is 1. The highest BCUT2D eigenvalue weighted by Crippen LogP contribution is 2.38. The number of amides is 1. The Kier molecular flexibility index (Phi) is 3.35. The van der Waals surface area contributed by atoms with Crippen molar-refractivity contribution >= 4 is 5.91 Å². The Morgan fingerprint density at radius 1 is 1.11 bits per heavy atom. The second kappa shape index (κ2) is 4.84. The Labute approximate surface area is 110 Å². The van der Waals surface area contributed by atoms with Crippen LogP contribution in [0.25, 0.3) is 0 Å². The van der Waals surface area contributed by atoms with Crippen molar-refractivity contribution in [2.24, 2.45) is 11.7 Å². The van der Waals surface area contributed by atoms with Crippen LogP contribution in [0.1, 0.15) is 64.2 Å². The van der Waals surface area contributed by atoms with Gasteiger partial charge < -0.3 is 10.6 Å². The molecule has 3 heteroatoms. The first kappa shape index (κ1) is 12.5. The topological polar surface area (TPSA) is 46.3 Å². The van der Waals surface area contributed by atoms with Crippen molar-refractivity contribution in [3.63, 3.8) is 0 Å². The molecule has 1 heterocycles. The summed E-state index contributed by atoms with van der Waals surface area (Å²) >= 11 is 0. The molecule has 0 bridgehead atoms. The van der Waals surface area contributed by atoms with Gasteiger partial charge in [-0.25, -0.2) is 0 Å². The molecule has 18 heavy (non-hydrogen) atoms. The third kappa shape index (κ3) is 2.29. The molecule has 1 amide bonds. The maximum atomic E-state index is 12.5. The Morgan fingerprint density at radius 3 is 2.61 bits per heavy atom. The summed E-state index contributed by atoms with van der Waals surface area (Å²) in [5.74, 6) is 1.13. The van der Waals surface area contributed by atoms with Crippen LogP contribution < -0.4 is 5.73 Å². The molecule has 2 unspecified atom stereocenters. The summed E-state index contributed by atoms with van der Waals surface area (Å²) in [5, 5.41) is 0. The summed E-state index contributed by atoms with van der Waals surface area (Å²) in [7, 11) is 0. The highest BCUT2D eigenvalue weighted by Gasteiger charge is 2.40. The largest absolute Gasteiger partial charge is 0.339 e. The van der Waals surface area contributed by atoms with Gasteiger partial charge in [0.2, 0.25) is 5.91 Å². The molecule has 2 N–H and O–H groups in total. The van der Waals surface area contributed by atoms with E-state index in [1.54, 1.807) is 0 Å². The molecule has 0 radical (unpaired) electrons. The molecule has 2 aliphatic carbocycles. The standard InChI is InChI=1S/C15H26N2O/c16-15(8-3-4-9-15)11-14(18)17-10-7-12-5-1-2-6-13(12)17/h12-13H,1-11,16H2. The molecule has 0 aromatic carbocycles. The van der Waals surface area contributed by atoms with Crippen molar-refractivity contribution in [3.8, 4) is 0 Å². The van der Waals surface area contributed by atoms with Crippen LogP contribution in [-0.2, 0) is 4.79 Å². The van der Waals surface area contributed by atoms with E-state index >= 15 is 0 Å². The second-order valence-corrected chi connectivity index (χ2v) is 6.73. The summed E-state index contributed by atoms with van der Waals surface area (Å²) in [6.07, 6.45) is 11.6. The smallest absolute Gasteiger partial charge is 0.224 e. The molecule has 3 aliphatic rings. The first-order valence-corrected chi connectivity index (χ1v) is 7.76. The van der Waals surface area contributed by atoms with Gasteiger partial charge in [-0.2, -0.15) is 0 Å². The van der Waals surface area contributed by atoms with Gasteiger partial charge in [-0.1, -0.05) is 25.7 Å². The fourth-order valence-electron chi connectivity index (χ4n) is 4.37. The lowest BCUT2D eigenvalue weighted by Gasteiger charge is -2.34. The Bertz CT molecular complexity index is 322. The third-order valence-electron chi connectivity index (χ3n) is 5.43. The van der Waals surface area contributed by atoms with Crippen LogP contribution in [0.4, 0.5) is 0 Å². The highest BCUT2D eigenvalue weighted by atomic mass is 16.2. The zero-order valence-corrected chi connectivity index (χ0v) is 11.4. The lowest BCUT2D eigenvalue weighted by Crippen LogP contribution is -2.46. The van der Waals surface area contributed by atoms with Gasteiger partial charge in [0.25, 0.3) is 0 Å². The Hall–Kier alpha value is -0.570. The fourth-order valence-corrected chi connectivity index (χ4v) is 4.37. The van der Waals surface area contributed by atoms with Crippen LogP contribution in [0.3, 0.4) is 0 Å². The van der Waals surface area contributed by atoms with Crippen molar-refractivity contribution < 1.29 is 4.79 Å². The molecular weight excluding hydrogens is 224 g/mol. The van der Waals surface area contributed by atoms with E-state index < -0.39 is 0 Å². The zero-order valence-electron chi connectivity index (χ0n) is 11.4. The highest BCUT2D eigenvalue weighted by molar-refractivity contribution is 5.78. The summed E-state index contributed by atoms with van der Waals surface area (Å²) < 4.78 is 0. The molecule has 2 saturated carbocycles. The van der Waals surface area contributed by atoms with Crippen molar-refractivity contribution in [1.29, 1.82) is 0 Å². The number of rotatable bonds is 2. The molecule has 3 rings (SSSR count). The van der Waals surface area contributed by atoms with E-state index in [-0.39, 0.29) is 5.54 Å². The minimum Gasteiger partial charge on any atom is -0.339 e. The van der Waals surface area contributed by atoms with Crippen molar-refractivity contribution in [3.05, 3.63) is 0 Å². The van der Waals surface area contributed by atoms with Gasteiger partial charge in [0.15, 0.2) is 0 Å². The maximum absolute atomic E-state index is 12.5. The summed E-state index contributed by atoms with van der Waals surface area (Å²) in [6.45, 7) is 0.990. The molecular formula is C15H26N2O. The predicted molar refractivity (Wildman–Crippen MR) is 72.1 cm³/mol. The van der Waals surface area contributed by atoms with E-state index in [4.69, 9.17) is 5.73 Å². The molecule has 3 nitrogen and oxygen atoms in total. The predicted octanol–water partition coefficient (Wildman–Crippen LogP) is 2.44. The van der Waals surface area contributed by atoms with Gasteiger partial charge in [0.1, 0.15) is 0 Å². The quantitative estimate of drug-likeness (QED) is 0.818. The van der Waals surface area contributed by atoms with E-state index in [2.05, 4.69) is 4.90 Å². The maximum Gasteiger partial charge on any atom is 0.224 e. The number of fused-ring (bicyclic) bond motifs is 1. The molecule has 1 saturated heterocycles. The van der Waals surface area contributed by atoms with E-state index in [1.165, 1.54) is 44.9 Å². The van der Waals surface area contributed by atoms with Gasteiger partial charge in [-0.3, -0.25) is 4.79 Å². The average Bonchev–Trinajstić information content (AvgIpc) is 2.95. The summed E-state index contributed by atoms with van der Waals surface area (Å²) in [4.78, 5) is 14.7. The average molecular weight is 250 g/mol. The molecule has 1 aliphatic heterocycles. The number of likely N-dealkylation sites (tertiary alicyclic amines) is 1. The van der Waals surface area contributed by atoms with Crippen LogP contribution >= 0.6 is 0 Å². The molecule has 0 aromatic heterocycles. The Morgan fingerprint density at radius 2 is 1.83 bits per heavy atom. The normalized spacial score (nSPS) is 34.6. The summed E-state index contributed by atoms with van der Waals surface area (Å²) in [5.41, 5.74) is 6.17. The van der Waals surface area contributed by atoms with Crippen LogP contribution in [0.15, 0.2) is 0 Å². The van der Waals surface area contributed by atoms with E-state index in [0.29, 0.717) is 18.4 Å². The minimum atomic E-state index is -0.177. The van der Waals surface area contributed by atoms with Crippen molar-refractivity contribution in [2.45, 2.75) is 75.8 Å². The first-order chi connectivity index (χ1) is 8.68. The van der Waals surface area contributed by atoms with E-state index in [1.807, 2.05) is 0 Å². The van der Waals surface area contributed by atoms with E-state index in [0.717, 1.165) is 25.3 Å². The van der Waals surface area contributed by atoms with Gasteiger partial charge >= 0.3 is 0 Å². The molecule has 3 fully saturated rings. The van der Waals surface area contributed by atoms with E-state index in [9.17, 15) is 4.79 Å². The van der Waals surface area contributed by atoms with Crippen molar-refractivity contribution in [1.82, 2.24) is 4.90 Å². The third-order valence-corrected chi connectivity index (χ3v) is 5.43. The number of nitrogens with two attached hydrogens (primary N) is 1. The zero-order chi connectivity index (χ0) is 12.6. The van der Waals surface area contributed by atoms with Gasteiger partial charge in [-0.05, 0) is 38.0 Å². The minimum absolute atomic E-state index is 0.177. The Balaban J connectivity index is 1.62. The van der Waals surface area contributed by atoms with Gasteiger partial charge in [0, 0.05) is 24.5 Å². The van der Waals surface area contributed by atoms with Crippen LogP contribution in [0.2, 0.25) is 0 Å². The van der Waals surface area contributed by atoms with Gasteiger partial charge in [0.05, 0.1) is 0 Å². The van der Waals surface area contributed by atoms with Crippen LogP contribution in [-0.4, -0.2) is 28.9 Å². The fraction of sp³-hybridized carbons (Fsp3) is 0.933. The molecule has 0 aromatic rings. The van der Waals surface area contributed by atoms with Crippen LogP contribution in [0.5, 0.6) is 0 Å². The number of carbonyl (C=O) groups excluding carboxylic acids is 1. The number of hydrogen-bond donors (Lipinski definition) is 1. The number of hydrogen-bond acceptors (Lipinski definition) is 2. The monoisotopic (exact) mass is 250 g/mol. The van der Waals surface area contributed by atoms with Gasteiger partial charge in [-0.15, -0.1) is 0 Å².